The molecule has 2 aromatic carbocycles. The van der Waals surface area contributed by atoms with Gasteiger partial charge in [-0.15, -0.1) is 0 Å². The van der Waals surface area contributed by atoms with Gasteiger partial charge in [0.1, 0.15) is 0 Å². The number of nitrogens with one attached hydrogen (secondary N) is 1. The molecule has 0 spiro atoms. The third kappa shape index (κ3) is 4.30. The van der Waals surface area contributed by atoms with Gasteiger partial charge in [-0.1, -0.05) is 35.0 Å². The molecule has 3 aromatic rings. The first-order valence-electron chi connectivity index (χ1n) is 7.84. The molecule has 0 atom stereocenters. The second kappa shape index (κ2) is 7.41. The SMILES string of the molecule is Cc1ccc(-c2noc(CCC(=O)Nc3ccc(C#N)cc3)n2)cc1. The number of hydrogen-bond donors (Lipinski definition) is 1. The molecule has 6 nitrogen and oxygen atoms in total. The maximum absolute atomic E-state index is 12.0. The van der Waals surface area contributed by atoms with Crippen molar-refractivity contribution in [2.24, 2.45) is 0 Å². The van der Waals surface area contributed by atoms with Gasteiger partial charge in [-0.25, -0.2) is 0 Å². The van der Waals surface area contributed by atoms with Crippen molar-refractivity contribution in [1.29, 1.82) is 5.26 Å². The summed E-state index contributed by atoms with van der Waals surface area (Å²) in [4.78, 5) is 16.3. The predicted molar refractivity (Wildman–Crippen MR) is 92.6 cm³/mol. The van der Waals surface area contributed by atoms with Crippen molar-refractivity contribution in [1.82, 2.24) is 10.1 Å². The average molecular weight is 332 g/mol. The fourth-order valence-electron chi connectivity index (χ4n) is 2.25. The molecule has 0 aliphatic carbocycles. The van der Waals surface area contributed by atoms with E-state index in [9.17, 15) is 4.79 Å². The van der Waals surface area contributed by atoms with Gasteiger partial charge >= 0.3 is 0 Å². The molecular weight excluding hydrogens is 316 g/mol. The maximum Gasteiger partial charge on any atom is 0.227 e. The summed E-state index contributed by atoms with van der Waals surface area (Å²) in [5, 5.41) is 15.5. The van der Waals surface area contributed by atoms with Gasteiger partial charge in [0.15, 0.2) is 0 Å². The van der Waals surface area contributed by atoms with Crippen LogP contribution in [0.5, 0.6) is 0 Å². The van der Waals surface area contributed by atoms with E-state index in [0.717, 1.165) is 11.1 Å². The van der Waals surface area contributed by atoms with Crippen LogP contribution in [-0.2, 0) is 11.2 Å². The Morgan fingerprint density at radius 3 is 2.56 bits per heavy atom. The molecular formula is C19H16N4O2. The average Bonchev–Trinajstić information content (AvgIpc) is 3.10. The van der Waals surface area contributed by atoms with Crippen molar-refractivity contribution < 1.29 is 9.32 Å². The first-order chi connectivity index (χ1) is 12.1. The monoisotopic (exact) mass is 332 g/mol. The molecule has 0 saturated heterocycles. The fraction of sp³-hybridized carbons (Fsp3) is 0.158. The number of carbonyl (C=O) groups is 1. The van der Waals surface area contributed by atoms with Crippen LogP contribution in [0.1, 0.15) is 23.4 Å². The highest BCUT2D eigenvalue weighted by molar-refractivity contribution is 5.90. The Kier molecular flexibility index (Phi) is 4.86. The molecule has 25 heavy (non-hydrogen) atoms. The van der Waals surface area contributed by atoms with Crippen LogP contribution < -0.4 is 5.32 Å². The lowest BCUT2D eigenvalue weighted by molar-refractivity contribution is -0.116. The van der Waals surface area contributed by atoms with Crippen LogP contribution in [0.25, 0.3) is 11.4 Å². The molecule has 0 bridgehead atoms. The minimum absolute atomic E-state index is 0.153. The first kappa shape index (κ1) is 16.4. The number of benzene rings is 2. The summed E-state index contributed by atoms with van der Waals surface area (Å²) in [5.41, 5.74) is 3.23. The van der Waals surface area contributed by atoms with E-state index in [1.165, 1.54) is 0 Å². The van der Waals surface area contributed by atoms with E-state index in [-0.39, 0.29) is 12.3 Å². The minimum atomic E-state index is -0.153. The molecule has 1 heterocycles. The molecule has 0 aliphatic heterocycles. The van der Waals surface area contributed by atoms with Gasteiger partial charge < -0.3 is 9.84 Å². The molecule has 0 unspecified atom stereocenters. The second-order valence-electron chi connectivity index (χ2n) is 5.62. The zero-order valence-corrected chi connectivity index (χ0v) is 13.7. The minimum Gasteiger partial charge on any atom is -0.339 e. The van der Waals surface area contributed by atoms with Crippen molar-refractivity contribution in [3.63, 3.8) is 0 Å². The van der Waals surface area contributed by atoms with E-state index in [1.807, 2.05) is 37.3 Å². The number of rotatable bonds is 5. The van der Waals surface area contributed by atoms with Gasteiger partial charge in [0.2, 0.25) is 17.6 Å². The van der Waals surface area contributed by atoms with Crippen molar-refractivity contribution in [2.75, 3.05) is 5.32 Å². The van der Waals surface area contributed by atoms with Gasteiger partial charge in [-0.3, -0.25) is 4.79 Å². The first-order valence-corrected chi connectivity index (χ1v) is 7.84. The highest BCUT2D eigenvalue weighted by Gasteiger charge is 2.11. The van der Waals surface area contributed by atoms with Crippen LogP contribution in [0.15, 0.2) is 53.1 Å². The Bertz CT molecular complexity index is 906. The Morgan fingerprint density at radius 2 is 1.88 bits per heavy atom. The highest BCUT2D eigenvalue weighted by Crippen LogP contribution is 2.17. The molecule has 1 N–H and O–H groups in total. The van der Waals surface area contributed by atoms with E-state index in [0.29, 0.717) is 29.4 Å². The Balaban J connectivity index is 1.55. The zero-order valence-electron chi connectivity index (χ0n) is 13.7. The van der Waals surface area contributed by atoms with Crippen LogP contribution in [0.3, 0.4) is 0 Å². The number of carbonyl (C=O) groups excluding carboxylic acids is 1. The molecule has 1 aromatic heterocycles. The summed E-state index contributed by atoms with van der Waals surface area (Å²) in [6, 6.07) is 16.6. The van der Waals surface area contributed by atoms with Crippen molar-refractivity contribution in [2.45, 2.75) is 19.8 Å². The summed E-state index contributed by atoms with van der Waals surface area (Å²) < 4.78 is 5.20. The van der Waals surface area contributed by atoms with Crippen LogP contribution in [0.2, 0.25) is 0 Å². The molecule has 124 valence electrons. The summed E-state index contributed by atoms with van der Waals surface area (Å²) in [5.74, 6) is 0.785. The largest absolute Gasteiger partial charge is 0.339 e. The second-order valence-corrected chi connectivity index (χ2v) is 5.62. The van der Waals surface area contributed by atoms with E-state index in [2.05, 4.69) is 15.5 Å². The van der Waals surface area contributed by atoms with Gasteiger partial charge in [0, 0.05) is 24.1 Å². The Hall–Kier alpha value is -3.46. The van der Waals surface area contributed by atoms with Crippen molar-refractivity contribution >= 4 is 11.6 Å². The molecule has 3 rings (SSSR count). The topological polar surface area (TPSA) is 91.8 Å². The number of aromatic nitrogens is 2. The number of hydrogen-bond acceptors (Lipinski definition) is 5. The normalized spacial score (nSPS) is 10.2. The smallest absolute Gasteiger partial charge is 0.227 e. The molecule has 6 heteroatoms. The van der Waals surface area contributed by atoms with Crippen molar-refractivity contribution in [3.8, 4) is 17.5 Å². The van der Waals surface area contributed by atoms with E-state index in [1.54, 1.807) is 24.3 Å². The van der Waals surface area contributed by atoms with Crippen LogP contribution >= 0.6 is 0 Å². The number of nitrogens with zero attached hydrogens (tertiary/aromatic N) is 3. The lowest BCUT2D eigenvalue weighted by Crippen LogP contribution is -2.12. The molecule has 1 amide bonds. The van der Waals surface area contributed by atoms with E-state index >= 15 is 0 Å². The molecule has 0 radical (unpaired) electrons. The van der Waals surface area contributed by atoms with Gasteiger partial charge in [0.25, 0.3) is 0 Å². The quantitative estimate of drug-likeness (QED) is 0.772. The number of anilines is 1. The number of aryl methyl sites for hydroxylation is 2. The summed E-state index contributed by atoms with van der Waals surface area (Å²) in [7, 11) is 0. The van der Waals surface area contributed by atoms with E-state index < -0.39 is 0 Å². The number of amides is 1. The highest BCUT2D eigenvalue weighted by atomic mass is 16.5. The lowest BCUT2D eigenvalue weighted by atomic mass is 10.1. The predicted octanol–water partition coefficient (Wildman–Crippen LogP) is 3.49. The summed E-state index contributed by atoms with van der Waals surface area (Å²) in [6.45, 7) is 2.01. The van der Waals surface area contributed by atoms with Gasteiger partial charge in [-0.2, -0.15) is 10.2 Å². The summed E-state index contributed by atoms with van der Waals surface area (Å²) >= 11 is 0. The van der Waals surface area contributed by atoms with Gasteiger partial charge in [-0.05, 0) is 31.2 Å². The molecule has 0 fully saturated rings. The third-order valence-corrected chi connectivity index (χ3v) is 3.64. The van der Waals surface area contributed by atoms with Crippen LogP contribution in [0, 0.1) is 18.3 Å². The lowest BCUT2D eigenvalue weighted by Gasteiger charge is -2.03. The summed E-state index contributed by atoms with van der Waals surface area (Å²) in [6.07, 6.45) is 0.594. The maximum atomic E-state index is 12.0. The van der Waals surface area contributed by atoms with E-state index in [4.69, 9.17) is 9.78 Å². The zero-order chi connectivity index (χ0) is 17.6. The van der Waals surface area contributed by atoms with Crippen molar-refractivity contribution in [3.05, 3.63) is 65.5 Å². The molecule has 0 aliphatic rings. The van der Waals surface area contributed by atoms with Crippen LogP contribution in [0.4, 0.5) is 5.69 Å². The third-order valence-electron chi connectivity index (χ3n) is 3.64. The molecule has 0 saturated carbocycles. The number of nitriles is 1. The Labute approximate surface area is 145 Å². The van der Waals surface area contributed by atoms with Gasteiger partial charge in [0.05, 0.1) is 11.6 Å². The van der Waals surface area contributed by atoms with Crippen LogP contribution in [-0.4, -0.2) is 16.0 Å². The standard InChI is InChI=1S/C19H16N4O2/c1-13-2-6-15(7-3-13)19-22-18(25-23-19)11-10-17(24)21-16-8-4-14(12-20)5-9-16/h2-9H,10-11H2,1H3,(H,21,24). The fourth-order valence-corrected chi connectivity index (χ4v) is 2.25. The Morgan fingerprint density at radius 1 is 1.16 bits per heavy atom.